The number of fused-ring (bicyclic) bond motifs is 1. The predicted octanol–water partition coefficient (Wildman–Crippen LogP) is 2.44. The van der Waals surface area contributed by atoms with Crippen molar-refractivity contribution in [1.82, 2.24) is 5.32 Å². The third kappa shape index (κ3) is 3.16. The average Bonchev–Trinajstić information content (AvgIpc) is 2.39. The van der Waals surface area contributed by atoms with E-state index in [0.717, 1.165) is 0 Å². The lowest BCUT2D eigenvalue weighted by molar-refractivity contribution is -0.121. The molecule has 1 amide bonds. The Balaban J connectivity index is 2.19. The minimum absolute atomic E-state index is 0.155. The molecule has 0 saturated heterocycles. The number of hydrogen-bond donors (Lipinski definition) is 2. The van der Waals surface area contributed by atoms with Gasteiger partial charge in [-0.25, -0.2) is 0 Å². The standard InChI is InChI=1S/C14H19ClN2O3/c1-4-16-14(2,3)13(18)17-10-8-12-11(7-9(10)15)19-5-6-20-12/h7-8,16H,4-6H2,1-3H3,(H,17,18). The van der Waals surface area contributed by atoms with E-state index in [1.807, 2.05) is 20.8 Å². The van der Waals surface area contributed by atoms with Crippen LogP contribution in [0.15, 0.2) is 12.1 Å². The number of nitrogens with one attached hydrogen (secondary N) is 2. The number of anilines is 1. The normalized spacial score (nSPS) is 14.0. The highest BCUT2D eigenvalue weighted by Crippen LogP contribution is 2.38. The number of hydrogen-bond acceptors (Lipinski definition) is 4. The number of halogens is 1. The summed E-state index contributed by atoms with van der Waals surface area (Å²) in [6, 6.07) is 3.35. The van der Waals surface area contributed by atoms with E-state index in [4.69, 9.17) is 21.1 Å². The van der Waals surface area contributed by atoms with Crippen LogP contribution < -0.4 is 20.1 Å². The molecule has 0 saturated carbocycles. The molecule has 2 rings (SSSR count). The molecule has 0 fully saturated rings. The molecule has 1 aromatic carbocycles. The highest BCUT2D eigenvalue weighted by Gasteiger charge is 2.27. The van der Waals surface area contributed by atoms with Crippen LogP contribution in [-0.2, 0) is 4.79 Å². The number of carbonyl (C=O) groups excluding carboxylic acids is 1. The van der Waals surface area contributed by atoms with Gasteiger partial charge in [0.05, 0.1) is 16.2 Å². The van der Waals surface area contributed by atoms with Crippen LogP contribution in [-0.4, -0.2) is 31.2 Å². The van der Waals surface area contributed by atoms with Crippen LogP contribution in [0.5, 0.6) is 11.5 Å². The largest absolute Gasteiger partial charge is 0.486 e. The topological polar surface area (TPSA) is 59.6 Å². The van der Waals surface area contributed by atoms with Crippen molar-refractivity contribution in [2.75, 3.05) is 25.1 Å². The fourth-order valence-corrected chi connectivity index (χ4v) is 2.16. The first-order valence-electron chi connectivity index (χ1n) is 6.59. The summed E-state index contributed by atoms with van der Waals surface area (Å²) in [7, 11) is 0. The van der Waals surface area contributed by atoms with Crippen molar-refractivity contribution in [3.8, 4) is 11.5 Å². The summed E-state index contributed by atoms with van der Waals surface area (Å²) < 4.78 is 10.9. The van der Waals surface area contributed by atoms with Gasteiger partial charge in [-0.3, -0.25) is 4.79 Å². The lowest BCUT2D eigenvalue weighted by atomic mass is 10.0. The quantitative estimate of drug-likeness (QED) is 0.896. The number of benzene rings is 1. The molecule has 1 aliphatic rings. The highest BCUT2D eigenvalue weighted by atomic mass is 35.5. The Bertz CT molecular complexity index is 517. The van der Waals surface area contributed by atoms with Crippen LogP contribution >= 0.6 is 11.6 Å². The minimum atomic E-state index is -0.675. The van der Waals surface area contributed by atoms with E-state index in [9.17, 15) is 4.79 Å². The molecule has 1 aliphatic heterocycles. The van der Waals surface area contributed by atoms with Gasteiger partial charge in [0.2, 0.25) is 5.91 Å². The van der Waals surface area contributed by atoms with E-state index in [1.54, 1.807) is 12.1 Å². The zero-order chi connectivity index (χ0) is 14.8. The molecular formula is C14H19ClN2O3. The summed E-state index contributed by atoms with van der Waals surface area (Å²) >= 11 is 6.16. The van der Waals surface area contributed by atoms with Gasteiger partial charge < -0.3 is 20.1 Å². The van der Waals surface area contributed by atoms with E-state index >= 15 is 0 Å². The van der Waals surface area contributed by atoms with Crippen LogP contribution in [0.2, 0.25) is 5.02 Å². The Morgan fingerprint density at radius 2 is 1.90 bits per heavy atom. The summed E-state index contributed by atoms with van der Waals surface area (Å²) in [4.78, 5) is 12.2. The number of ether oxygens (including phenoxy) is 2. The van der Waals surface area contributed by atoms with Gasteiger partial charge in [-0.1, -0.05) is 18.5 Å². The van der Waals surface area contributed by atoms with Gasteiger partial charge in [0.25, 0.3) is 0 Å². The molecule has 0 aromatic heterocycles. The third-order valence-corrected chi connectivity index (χ3v) is 3.38. The summed E-state index contributed by atoms with van der Waals surface area (Å²) in [6.45, 7) is 7.28. The van der Waals surface area contributed by atoms with Gasteiger partial charge in [0, 0.05) is 12.1 Å². The summed E-state index contributed by atoms with van der Waals surface area (Å²) in [5.41, 5.74) is -0.155. The Kier molecular flexibility index (Phi) is 4.40. The Morgan fingerprint density at radius 3 is 2.50 bits per heavy atom. The Hall–Kier alpha value is -1.46. The second-order valence-electron chi connectivity index (χ2n) is 5.09. The van der Waals surface area contributed by atoms with E-state index in [0.29, 0.717) is 42.0 Å². The van der Waals surface area contributed by atoms with Crippen molar-refractivity contribution in [2.45, 2.75) is 26.3 Å². The van der Waals surface area contributed by atoms with Gasteiger partial charge in [-0.15, -0.1) is 0 Å². The molecule has 110 valence electrons. The van der Waals surface area contributed by atoms with Gasteiger partial charge in [0.15, 0.2) is 11.5 Å². The lowest BCUT2D eigenvalue weighted by Gasteiger charge is -2.25. The summed E-state index contributed by atoms with van der Waals surface area (Å²) in [5.74, 6) is 1.04. The number of likely N-dealkylation sites (N-methyl/N-ethyl adjacent to an activating group) is 1. The highest BCUT2D eigenvalue weighted by molar-refractivity contribution is 6.34. The zero-order valence-electron chi connectivity index (χ0n) is 11.9. The smallest absolute Gasteiger partial charge is 0.244 e. The van der Waals surface area contributed by atoms with Crippen molar-refractivity contribution in [3.63, 3.8) is 0 Å². The van der Waals surface area contributed by atoms with E-state index in [2.05, 4.69) is 10.6 Å². The molecule has 6 heteroatoms. The third-order valence-electron chi connectivity index (χ3n) is 3.07. The van der Waals surface area contributed by atoms with Crippen LogP contribution in [0, 0.1) is 0 Å². The van der Waals surface area contributed by atoms with Crippen molar-refractivity contribution in [1.29, 1.82) is 0 Å². The summed E-state index contributed by atoms with van der Waals surface area (Å²) in [6.07, 6.45) is 0. The summed E-state index contributed by atoms with van der Waals surface area (Å²) in [5, 5.41) is 6.35. The van der Waals surface area contributed by atoms with Crippen LogP contribution in [0.25, 0.3) is 0 Å². The fourth-order valence-electron chi connectivity index (χ4n) is 1.96. The first-order chi connectivity index (χ1) is 9.44. The van der Waals surface area contributed by atoms with E-state index in [1.165, 1.54) is 0 Å². The number of amides is 1. The van der Waals surface area contributed by atoms with E-state index < -0.39 is 5.54 Å². The van der Waals surface area contributed by atoms with Crippen molar-refractivity contribution < 1.29 is 14.3 Å². The van der Waals surface area contributed by atoms with Crippen molar-refractivity contribution in [2.24, 2.45) is 0 Å². The Morgan fingerprint density at radius 1 is 1.30 bits per heavy atom. The maximum atomic E-state index is 12.2. The van der Waals surface area contributed by atoms with Crippen molar-refractivity contribution >= 4 is 23.2 Å². The molecule has 20 heavy (non-hydrogen) atoms. The molecular weight excluding hydrogens is 280 g/mol. The SMILES string of the molecule is CCNC(C)(C)C(=O)Nc1cc2c(cc1Cl)OCCO2. The van der Waals surface area contributed by atoms with Gasteiger partial charge in [-0.05, 0) is 20.4 Å². The van der Waals surface area contributed by atoms with Crippen LogP contribution in [0.1, 0.15) is 20.8 Å². The average molecular weight is 299 g/mol. The second kappa shape index (κ2) is 5.89. The predicted molar refractivity (Wildman–Crippen MR) is 78.8 cm³/mol. The zero-order valence-corrected chi connectivity index (χ0v) is 12.6. The molecule has 1 aromatic rings. The lowest BCUT2D eigenvalue weighted by Crippen LogP contribution is -2.49. The van der Waals surface area contributed by atoms with Gasteiger partial charge >= 0.3 is 0 Å². The minimum Gasteiger partial charge on any atom is -0.486 e. The maximum absolute atomic E-state index is 12.2. The first-order valence-corrected chi connectivity index (χ1v) is 6.97. The second-order valence-corrected chi connectivity index (χ2v) is 5.49. The molecule has 5 nitrogen and oxygen atoms in total. The maximum Gasteiger partial charge on any atom is 0.244 e. The molecule has 2 N–H and O–H groups in total. The van der Waals surface area contributed by atoms with E-state index in [-0.39, 0.29) is 5.91 Å². The molecule has 0 unspecified atom stereocenters. The van der Waals surface area contributed by atoms with Gasteiger partial charge in [0.1, 0.15) is 13.2 Å². The fraction of sp³-hybridized carbons (Fsp3) is 0.500. The molecule has 0 radical (unpaired) electrons. The number of carbonyl (C=O) groups is 1. The first kappa shape index (κ1) is 14.9. The van der Waals surface area contributed by atoms with Gasteiger partial charge in [-0.2, -0.15) is 0 Å². The molecule has 1 heterocycles. The van der Waals surface area contributed by atoms with Crippen LogP contribution in [0.4, 0.5) is 5.69 Å². The Labute approximate surface area is 123 Å². The molecule has 0 atom stereocenters. The molecule has 0 bridgehead atoms. The van der Waals surface area contributed by atoms with Crippen molar-refractivity contribution in [3.05, 3.63) is 17.2 Å². The van der Waals surface area contributed by atoms with Crippen LogP contribution in [0.3, 0.4) is 0 Å². The monoisotopic (exact) mass is 298 g/mol. The molecule has 0 aliphatic carbocycles. The molecule has 0 spiro atoms. The number of rotatable bonds is 4.